The molecule has 2 aromatic carbocycles. The number of ether oxygens (including phenoxy) is 2. The van der Waals surface area contributed by atoms with Gasteiger partial charge in [-0.3, -0.25) is 9.59 Å². The molecule has 1 aliphatic heterocycles. The fourth-order valence-corrected chi connectivity index (χ4v) is 3.93. The normalized spacial score (nSPS) is 17.8. The zero-order valence-corrected chi connectivity index (χ0v) is 19.3. The van der Waals surface area contributed by atoms with Crippen molar-refractivity contribution in [3.05, 3.63) is 64.2 Å². The summed E-state index contributed by atoms with van der Waals surface area (Å²) >= 11 is 5.97. The third kappa shape index (κ3) is 4.74. The summed E-state index contributed by atoms with van der Waals surface area (Å²) < 4.78 is 10.9. The molecule has 1 unspecified atom stereocenters. The maximum absolute atomic E-state index is 13.1. The molecule has 170 valence electrons. The van der Waals surface area contributed by atoms with Gasteiger partial charge in [-0.1, -0.05) is 11.6 Å². The number of benzene rings is 2. The Morgan fingerprint density at radius 1 is 1.09 bits per heavy atom. The molecule has 3 rings (SSSR count). The molecule has 0 bridgehead atoms. The highest BCUT2D eigenvalue weighted by Gasteiger charge is 2.47. The quantitative estimate of drug-likeness (QED) is 0.369. The molecule has 1 aliphatic rings. The zero-order valence-electron chi connectivity index (χ0n) is 18.6. The standard InChI is InChI=1S/C24H27ClN2O5/c1-26(2)12-5-13-27-21(18-14-17(31-3)10-11-19(18)32-4)20(23(29)24(27)30)22(28)15-6-8-16(25)9-7-15/h6-11,14,21,28H,5,12-13H2,1-4H3/b22-20+. The van der Waals surface area contributed by atoms with Crippen molar-refractivity contribution >= 4 is 29.1 Å². The number of aliphatic hydroxyl groups is 1. The van der Waals surface area contributed by atoms with Gasteiger partial charge in [0.15, 0.2) is 0 Å². The summed E-state index contributed by atoms with van der Waals surface area (Å²) in [6.45, 7) is 1.08. The van der Waals surface area contributed by atoms with Gasteiger partial charge in [0.2, 0.25) is 0 Å². The van der Waals surface area contributed by atoms with Gasteiger partial charge in [-0.05, 0) is 69.5 Å². The van der Waals surface area contributed by atoms with E-state index in [1.165, 1.54) is 19.1 Å². The third-order valence-corrected chi connectivity index (χ3v) is 5.65. The molecule has 0 saturated carbocycles. The van der Waals surface area contributed by atoms with Gasteiger partial charge >= 0.3 is 0 Å². The molecule has 2 aromatic rings. The number of aliphatic hydroxyl groups excluding tert-OH is 1. The Balaban J connectivity index is 2.18. The topological polar surface area (TPSA) is 79.3 Å². The highest BCUT2D eigenvalue weighted by atomic mass is 35.5. The summed E-state index contributed by atoms with van der Waals surface area (Å²) in [5.41, 5.74) is 0.965. The summed E-state index contributed by atoms with van der Waals surface area (Å²) in [5.74, 6) is -0.625. The molecule has 1 N–H and O–H groups in total. The molecule has 1 fully saturated rings. The van der Waals surface area contributed by atoms with Crippen molar-refractivity contribution < 1.29 is 24.2 Å². The van der Waals surface area contributed by atoms with E-state index < -0.39 is 17.7 Å². The minimum absolute atomic E-state index is 0.00808. The van der Waals surface area contributed by atoms with E-state index in [-0.39, 0.29) is 11.3 Å². The van der Waals surface area contributed by atoms with E-state index in [2.05, 4.69) is 0 Å². The number of carbonyl (C=O) groups excluding carboxylic acids is 2. The van der Waals surface area contributed by atoms with Gasteiger partial charge in [-0.25, -0.2) is 0 Å². The minimum atomic E-state index is -0.821. The van der Waals surface area contributed by atoms with E-state index in [9.17, 15) is 14.7 Å². The molecule has 0 aliphatic carbocycles. The van der Waals surface area contributed by atoms with Crippen LogP contribution in [-0.4, -0.2) is 68.0 Å². The number of halogens is 1. The lowest BCUT2D eigenvalue weighted by molar-refractivity contribution is -0.140. The predicted molar refractivity (Wildman–Crippen MR) is 123 cm³/mol. The number of ketones is 1. The number of hydrogen-bond acceptors (Lipinski definition) is 6. The first kappa shape index (κ1) is 23.6. The molecular weight excluding hydrogens is 432 g/mol. The molecule has 1 heterocycles. The van der Waals surface area contributed by atoms with Crippen molar-refractivity contribution in [2.75, 3.05) is 41.4 Å². The Kier molecular flexibility index (Phi) is 7.43. The van der Waals surface area contributed by atoms with E-state index in [4.69, 9.17) is 21.1 Å². The Bertz CT molecular complexity index is 1030. The lowest BCUT2D eigenvalue weighted by Gasteiger charge is -2.27. The number of amides is 1. The monoisotopic (exact) mass is 458 g/mol. The number of hydrogen-bond donors (Lipinski definition) is 1. The van der Waals surface area contributed by atoms with Crippen LogP contribution in [0.4, 0.5) is 0 Å². The average Bonchev–Trinajstić information content (AvgIpc) is 3.03. The van der Waals surface area contributed by atoms with E-state index in [0.717, 1.165) is 6.54 Å². The Hall–Kier alpha value is -3.03. The van der Waals surface area contributed by atoms with Gasteiger partial charge in [0.1, 0.15) is 17.3 Å². The van der Waals surface area contributed by atoms with Crippen LogP contribution in [0.3, 0.4) is 0 Å². The van der Waals surface area contributed by atoms with Crippen molar-refractivity contribution in [3.63, 3.8) is 0 Å². The number of likely N-dealkylation sites (tertiary alicyclic amines) is 1. The number of nitrogens with zero attached hydrogens (tertiary/aromatic N) is 2. The Morgan fingerprint density at radius 2 is 1.78 bits per heavy atom. The first-order valence-corrected chi connectivity index (χ1v) is 10.6. The van der Waals surface area contributed by atoms with E-state index in [1.54, 1.807) is 42.5 Å². The molecule has 0 radical (unpaired) electrons. The van der Waals surface area contributed by atoms with Gasteiger partial charge in [0.25, 0.3) is 11.7 Å². The molecule has 7 nitrogen and oxygen atoms in total. The Labute approximate surface area is 192 Å². The average molecular weight is 459 g/mol. The summed E-state index contributed by atoms with van der Waals surface area (Å²) in [6.07, 6.45) is 0.657. The van der Waals surface area contributed by atoms with Crippen LogP contribution in [0.25, 0.3) is 5.76 Å². The summed E-state index contributed by atoms with van der Waals surface area (Å²) in [7, 11) is 6.94. The molecule has 1 saturated heterocycles. The van der Waals surface area contributed by atoms with Crippen LogP contribution >= 0.6 is 11.6 Å². The van der Waals surface area contributed by atoms with Gasteiger partial charge in [-0.2, -0.15) is 0 Å². The molecule has 1 amide bonds. The van der Waals surface area contributed by atoms with E-state index in [1.807, 2.05) is 19.0 Å². The first-order valence-electron chi connectivity index (χ1n) is 10.2. The second-order valence-corrected chi connectivity index (χ2v) is 8.20. The van der Waals surface area contributed by atoms with Crippen LogP contribution in [0.1, 0.15) is 23.6 Å². The molecule has 0 spiro atoms. The first-order chi connectivity index (χ1) is 15.3. The van der Waals surface area contributed by atoms with Crippen LogP contribution < -0.4 is 9.47 Å². The molecule has 8 heteroatoms. The number of carbonyl (C=O) groups is 2. The van der Waals surface area contributed by atoms with Crippen LogP contribution in [0, 0.1) is 0 Å². The lowest BCUT2D eigenvalue weighted by atomic mass is 9.94. The van der Waals surface area contributed by atoms with Crippen molar-refractivity contribution in [2.45, 2.75) is 12.5 Å². The molecule has 32 heavy (non-hydrogen) atoms. The van der Waals surface area contributed by atoms with Crippen LogP contribution in [0.5, 0.6) is 11.5 Å². The van der Waals surface area contributed by atoms with Crippen molar-refractivity contribution in [1.29, 1.82) is 0 Å². The predicted octanol–water partition coefficient (Wildman–Crippen LogP) is 3.73. The smallest absolute Gasteiger partial charge is 0.295 e. The SMILES string of the molecule is COc1ccc(OC)c(C2/C(=C(\O)c3ccc(Cl)cc3)C(=O)C(=O)N2CCCN(C)C)c1. The fraction of sp³-hybridized carbons (Fsp3) is 0.333. The van der Waals surface area contributed by atoms with Crippen LogP contribution in [0.2, 0.25) is 5.02 Å². The van der Waals surface area contributed by atoms with Gasteiger partial charge in [0.05, 0.1) is 25.8 Å². The molecular formula is C24H27ClN2O5. The highest BCUT2D eigenvalue weighted by molar-refractivity contribution is 6.46. The second-order valence-electron chi connectivity index (χ2n) is 7.76. The van der Waals surface area contributed by atoms with E-state index in [0.29, 0.717) is 40.6 Å². The third-order valence-electron chi connectivity index (χ3n) is 5.39. The highest BCUT2D eigenvalue weighted by Crippen LogP contribution is 2.44. The second kappa shape index (κ2) is 10.1. The van der Waals surface area contributed by atoms with Crippen molar-refractivity contribution in [3.8, 4) is 11.5 Å². The van der Waals surface area contributed by atoms with Crippen LogP contribution in [0.15, 0.2) is 48.0 Å². The molecule has 0 aromatic heterocycles. The minimum Gasteiger partial charge on any atom is -0.507 e. The largest absolute Gasteiger partial charge is 0.507 e. The summed E-state index contributed by atoms with van der Waals surface area (Å²) in [5, 5.41) is 11.6. The van der Waals surface area contributed by atoms with Gasteiger partial charge in [-0.15, -0.1) is 0 Å². The lowest BCUT2D eigenvalue weighted by Crippen LogP contribution is -2.32. The number of Topliss-reactive ketones (excluding diaryl/α,β-unsaturated/α-hetero) is 1. The summed E-state index contributed by atoms with van der Waals surface area (Å²) in [4.78, 5) is 29.7. The van der Waals surface area contributed by atoms with Crippen molar-refractivity contribution in [1.82, 2.24) is 9.80 Å². The number of methoxy groups -OCH3 is 2. The van der Waals surface area contributed by atoms with Gasteiger partial charge < -0.3 is 24.4 Å². The summed E-state index contributed by atoms with van der Waals surface area (Å²) in [6, 6.07) is 10.8. The fourth-order valence-electron chi connectivity index (χ4n) is 3.81. The zero-order chi connectivity index (χ0) is 23.4. The number of rotatable bonds is 8. The van der Waals surface area contributed by atoms with Crippen molar-refractivity contribution in [2.24, 2.45) is 0 Å². The maximum Gasteiger partial charge on any atom is 0.295 e. The van der Waals surface area contributed by atoms with Crippen LogP contribution in [-0.2, 0) is 9.59 Å². The van der Waals surface area contributed by atoms with E-state index >= 15 is 0 Å². The molecule has 1 atom stereocenters. The Morgan fingerprint density at radius 3 is 2.38 bits per heavy atom. The van der Waals surface area contributed by atoms with Gasteiger partial charge in [0, 0.05) is 22.7 Å². The maximum atomic E-state index is 13.1.